The molecule has 0 N–H and O–H groups in total. The van der Waals surface area contributed by atoms with E-state index in [1.54, 1.807) is 0 Å². The van der Waals surface area contributed by atoms with Crippen molar-refractivity contribution in [1.29, 1.82) is 0 Å². The molecule has 0 saturated heterocycles. The molecule has 0 aromatic carbocycles. The molecular formula is C9. The monoisotopic (exact) mass is 108 g/mol. The average molecular weight is 108 g/mol. The lowest BCUT2D eigenvalue weighted by Gasteiger charge is -1.98. The van der Waals surface area contributed by atoms with E-state index >= 15 is 0 Å². The van der Waals surface area contributed by atoms with Gasteiger partial charge in [-0.2, -0.15) is 0 Å². The van der Waals surface area contributed by atoms with Gasteiger partial charge in [0.15, 0.2) is 0 Å². The van der Waals surface area contributed by atoms with Crippen LogP contribution in [0.25, 0.3) is 0 Å². The second-order valence-electron chi connectivity index (χ2n) is 1.75. The summed E-state index contributed by atoms with van der Waals surface area (Å²) < 4.78 is 0. The smallest absolute Gasteiger partial charge is 0.0425 e. The van der Waals surface area contributed by atoms with Gasteiger partial charge in [0.1, 0.15) is 0 Å². The number of hydrogen-bond acceptors (Lipinski definition) is 0. The predicted molar refractivity (Wildman–Crippen MR) is 33.5 cm³/mol. The molecule has 0 radical (unpaired) electrons. The summed E-state index contributed by atoms with van der Waals surface area (Å²) in [7, 11) is 0. The maximum atomic E-state index is 2.81. The van der Waals surface area contributed by atoms with E-state index in [9.17, 15) is 0 Å². The summed E-state index contributed by atoms with van der Waals surface area (Å²) in [5, 5.41) is 0. The third-order valence-electron chi connectivity index (χ3n) is 1.12. The van der Waals surface area contributed by atoms with E-state index in [0.717, 1.165) is 0 Å². The Morgan fingerprint density at radius 2 is 0.889 bits per heavy atom. The van der Waals surface area contributed by atoms with Crippen LogP contribution in [0.15, 0.2) is 0 Å². The Morgan fingerprint density at radius 1 is 0.556 bits per heavy atom. The topological polar surface area (TPSA) is 0 Å². The first kappa shape index (κ1) is 4.15. The van der Waals surface area contributed by atoms with Gasteiger partial charge in [0.05, 0.1) is 0 Å². The molecule has 36 valence electrons. The molecular weight excluding hydrogens is 108 g/mol. The highest BCUT2D eigenvalue weighted by Gasteiger charge is 2.23. The summed E-state index contributed by atoms with van der Waals surface area (Å²) in [5.74, 6) is 21.8. The fraction of sp³-hybridized carbons (Fsp3) is 0.111. The Kier molecular flexibility index (Phi) is 0.528. The summed E-state index contributed by atoms with van der Waals surface area (Å²) in [6.45, 7) is 0. The van der Waals surface area contributed by atoms with Crippen molar-refractivity contribution in [2.75, 3.05) is 0 Å². The summed E-state index contributed by atoms with van der Waals surface area (Å²) in [5.41, 5.74) is -0.556. The van der Waals surface area contributed by atoms with Crippen molar-refractivity contribution >= 4 is 0 Å². The minimum absolute atomic E-state index is 0.556. The molecule has 9 heavy (non-hydrogen) atoms. The van der Waals surface area contributed by atoms with E-state index in [1.165, 1.54) is 0 Å². The predicted octanol–water partition coefficient (Wildman–Crippen LogP) is 0.0136. The van der Waals surface area contributed by atoms with E-state index in [-0.39, 0.29) is 0 Å². The molecule has 0 bridgehead atoms. The maximum Gasteiger partial charge on any atom is 0.216 e. The largest absolute Gasteiger partial charge is 0.216 e. The van der Waals surface area contributed by atoms with Gasteiger partial charge in [-0.15, -0.1) is 0 Å². The number of hydrogen-bond donors (Lipinski definition) is 0. The third-order valence-corrected chi connectivity index (χ3v) is 1.12. The summed E-state index contributed by atoms with van der Waals surface area (Å²) in [4.78, 5) is 0. The van der Waals surface area contributed by atoms with Crippen LogP contribution in [0.5, 0.6) is 0 Å². The molecule has 0 unspecified atom stereocenters. The van der Waals surface area contributed by atoms with Gasteiger partial charge in [-0.25, -0.2) is 0 Å². The summed E-state index contributed by atoms with van der Waals surface area (Å²) in [6, 6.07) is 0. The van der Waals surface area contributed by atoms with Crippen molar-refractivity contribution in [2.45, 2.75) is 0 Å². The van der Waals surface area contributed by atoms with Gasteiger partial charge in [-0.3, -0.25) is 0 Å². The summed E-state index contributed by atoms with van der Waals surface area (Å²) in [6.07, 6.45) is 0. The van der Waals surface area contributed by atoms with Gasteiger partial charge in [0.25, 0.3) is 0 Å². The Balaban J connectivity index is 2.67. The molecule has 0 aromatic heterocycles. The lowest BCUT2D eigenvalue weighted by Crippen LogP contribution is -2.05. The Hall–Kier alpha value is -1.76. The molecule has 0 heterocycles. The first-order valence-electron chi connectivity index (χ1n) is 2.50. The van der Waals surface area contributed by atoms with Crippen LogP contribution in [0.2, 0.25) is 0 Å². The minimum Gasteiger partial charge on any atom is -0.0425 e. The van der Waals surface area contributed by atoms with Crippen LogP contribution >= 0.6 is 0 Å². The molecule has 2 aliphatic rings. The van der Waals surface area contributed by atoms with Gasteiger partial charge in [-0.05, 0) is 47.4 Å². The highest BCUT2D eigenvalue weighted by molar-refractivity contribution is 5.61. The first-order chi connectivity index (χ1) is 4.41. The standard InChI is InChI=1S/C9/c1-2-6-9(5-1)7-3-4-8-9. The normalized spacial score (nSPS) is 17.8. The maximum absolute atomic E-state index is 2.81. The third kappa shape index (κ3) is 0.425. The molecule has 1 spiro atoms. The van der Waals surface area contributed by atoms with Crippen LogP contribution in [0.3, 0.4) is 0 Å². The van der Waals surface area contributed by atoms with E-state index in [0.29, 0.717) is 0 Å². The van der Waals surface area contributed by atoms with Crippen molar-refractivity contribution in [3.8, 4) is 47.4 Å². The molecule has 0 aliphatic heterocycles. The Labute approximate surface area is 53.6 Å². The van der Waals surface area contributed by atoms with Crippen molar-refractivity contribution in [2.24, 2.45) is 5.41 Å². The zero-order chi connectivity index (χ0) is 6.16. The molecule has 0 aromatic rings. The fourth-order valence-electron chi connectivity index (χ4n) is 0.688. The molecule has 0 saturated carbocycles. The molecule has 0 heteroatoms. The van der Waals surface area contributed by atoms with Crippen molar-refractivity contribution in [3.05, 3.63) is 0 Å². The van der Waals surface area contributed by atoms with Crippen LogP contribution in [0.4, 0.5) is 0 Å². The van der Waals surface area contributed by atoms with Crippen LogP contribution in [0, 0.1) is 52.8 Å². The second kappa shape index (κ2) is 1.14. The van der Waals surface area contributed by atoms with Gasteiger partial charge in [-0.1, -0.05) is 0 Å². The van der Waals surface area contributed by atoms with Crippen LogP contribution in [-0.4, -0.2) is 0 Å². The highest BCUT2D eigenvalue weighted by atomic mass is 14.2. The van der Waals surface area contributed by atoms with Gasteiger partial charge >= 0.3 is 0 Å². The molecule has 2 aliphatic carbocycles. The Bertz CT molecular complexity index is 308. The average Bonchev–Trinajstić information content (AvgIpc) is 2.45. The molecule has 0 atom stereocenters. The SMILES string of the molecule is C1#CC2(C#C1)C#CC#C2. The van der Waals surface area contributed by atoms with E-state index in [1.807, 2.05) is 0 Å². The van der Waals surface area contributed by atoms with Crippen LogP contribution in [0.1, 0.15) is 0 Å². The van der Waals surface area contributed by atoms with Crippen LogP contribution < -0.4 is 0 Å². The van der Waals surface area contributed by atoms with Crippen LogP contribution in [-0.2, 0) is 0 Å². The van der Waals surface area contributed by atoms with Crippen molar-refractivity contribution < 1.29 is 0 Å². The van der Waals surface area contributed by atoms with E-state index < -0.39 is 5.41 Å². The van der Waals surface area contributed by atoms with E-state index in [4.69, 9.17) is 0 Å². The Morgan fingerprint density at radius 3 is 1.22 bits per heavy atom. The minimum atomic E-state index is -0.556. The van der Waals surface area contributed by atoms with Crippen molar-refractivity contribution in [1.82, 2.24) is 0 Å². The fourth-order valence-corrected chi connectivity index (χ4v) is 0.688. The highest BCUT2D eigenvalue weighted by Crippen LogP contribution is 2.16. The first-order valence-corrected chi connectivity index (χ1v) is 2.50. The zero-order valence-electron chi connectivity index (χ0n) is 4.50. The van der Waals surface area contributed by atoms with Gasteiger partial charge in [0, 0.05) is 0 Å². The van der Waals surface area contributed by atoms with E-state index in [2.05, 4.69) is 47.4 Å². The van der Waals surface area contributed by atoms with Gasteiger partial charge in [0.2, 0.25) is 5.41 Å². The molecule has 0 fully saturated rings. The lowest BCUT2D eigenvalue weighted by molar-refractivity contribution is 1.00. The van der Waals surface area contributed by atoms with Gasteiger partial charge < -0.3 is 0 Å². The second-order valence-corrected chi connectivity index (χ2v) is 1.75. The lowest BCUT2D eigenvalue weighted by atomic mass is 9.96. The zero-order valence-corrected chi connectivity index (χ0v) is 4.50. The summed E-state index contributed by atoms with van der Waals surface area (Å²) >= 11 is 0. The molecule has 0 amide bonds. The molecule has 0 nitrogen and oxygen atoms in total. The molecule has 2 rings (SSSR count). The quantitative estimate of drug-likeness (QED) is 0.383. The van der Waals surface area contributed by atoms with Crippen molar-refractivity contribution in [3.63, 3.8) is 0 Å². The number of rotatable bonds is 0.